The Balaban J connectivity index is 2.51. The molecule has 1 heterocycles. The maximum Gasteiger partial charge on any atom is 0.411 e. The predicted molar refractivity (Wildman–Crippen MR) is 60.9 cm³/mol. The zero-order valence-corrected chi connectivity index (χ0v) is 11.6. The minimum absolute atomic E-state index is 0.319. The summed E-state index contributed by atoms with van der Waals surface area (Å²) in [5.41, 5.74) is 0.319. The highest BCUT2D eigenvalue weighted by atomic mass is 79.9. The molecule has 0 bridgehead atoms. The Kier molecular flexibility index (Phi) is 4.96. The van der Waals surface area contributed by atoms with Crippen molar-refractivity contribution in [3.63, 3.8) is 0 Å². The highest BCUT2D eigenvalue weighted by Gasteiger charge is 2.28. The zero-order valence-electron chi connectivity index (χ0n) is 7.61. The van der Waals surface area contributed by atoms with E-state index in [1.165, 1.54) is 17.4 Å². The number of halogens is 5. The third kappa shape index (κ3) is 4.52. The van der Waals surface area contributed by atoms with Gasteiger partial charge in [-0.05, 0) is 37.9 Å². The van der Waals surface area contributed by atoms with Gasteiger partial charge in [0, 0.05) is 5.56 Å². The Hall–Kier alpha value is 0.0800. The lowest BCUT2D eigenvalue weighted by molar-refractivity contribution is -0.170. The minimum Gasteiger partial charge on any atom is -0.364 e. The van der Waals surface area contributed by atoms with Crippen molar-refractivity contribution in [3.05, 3.63) is 19.2 Å². The lowest BCUT2D eigenvalue weighted by Crippen LogP contribution is -2.20. The van der Waals surface area contributed by atoms with Crippen molar-refractivity contribution >= 4 is 49.0 Å². The molecule has 0 unspecified atom stereocenters. The minimum atomic E-state index is -4.41. The van der Waals surface area contributed by atoms with Gasteiger partial charge in [-0.2, -0.15) is 13.2 Å². The first kappa shape index (κ1) is 14.1. The average Bonchev–Trinajstić information content (AvgIpc) is 2.43. The summed E-state index contributed by atoms with van der Waals surface area (Å²) >= 11 is 7.58. The number of Topliss-reactive ketones (excluding diaryl/α,β-unsaturated/α-hetero) is 1. The van der Waals surface area contributed by atoms with E-state index in [0.717, 1.165) is 3.79 Å². The van der Waals surface area contributed by atoms with Crippen LogP contribution in [0.15, 0.2) is 13.6 Å². The number of hydrogen-bond acceptors (Lipinski definition) is 3. The average molecular weight is 382 g/mol. The summed E-state index contributed by atoms with van der Waals surface area (Å²) in [5.74, 6) is -0.488. The number of ether oxygens (including phenoxy) is 1. The van der Waals surface area contributed by atoms with Gasteiger partial charge in [-0.25, -0.2) is 0 Å². The molecule has 0 saturated carbocycles. The van der Waals surface area contributed by atoms with E-state index in [1.54, 1.807) is 0 Å². The first-order valence-corrected chi connectivity index (χ1v) is 6.32. The van der Waals surface area contributed by atoms with Crippen LogP contribution < -0.4 is 0 Å². The van der Waals surface area contributed by atoms with E-state index in [2.05, 4.69) is 36.6 Å². The van der Waals surface area contributed by atoms with E-state index >= 15 is 0 Å². The van der Waals surface area contributed by atoms with Crippen molar-refractivity contribution in [3.8, 4) is 0 Å². The van der Waals surface area contributed by atoms with Crippen molar-refractivity contribution in [1.29, 1.82) is 0 Å². The SMILES string of the molecule is O=C(COCC(F)(F)F)c1cc(Br)sc1Br. The Morgan fingerprint density at radius 3 is 2.50 bits per heavy atom. The van der Waals surface area contributed by atoms with Gasteiger partial charge in [0.05, 0.1) is 7.57 Å². The monoisotopic (exact) mass is 380 g/mol. The van der Waals surface area contributed by atoms with Gasteiger partial charge >= 0.3 is 6.18 Å². The van der Waals surface area contributed by atoms with Crippen LogP contribution in [0.4, 0.5) is 13.2 Å². The predicted octanol–water partition coefficient (Wildman–Crippen LogP) is 4.03. The number of thiophene rings is 1. The second-order valence-electron chi connectivity index (χ2n) is 2.77. The Labute approximate surface area is 110 Å². The smallest absolute Gasteiger partial charge is 0.364 e. The lowest BCUT2D eigenvalue weighted by atomic mass is 10.2. The van der Waals surface area contributed by atoms with Gasteiger partial charge in [0.15, 0.2) is 5.78 Å². The third-order valence-corrected chi connectivity index (χ3v) is 3.80. The fraction of sp³-hybridized carbons (Fsp3) is 0.375. The molecule has 1 aromatic rings. The van der Waals surface area contributed by atoms with Gasteiger partial charge in [0.1, 0.15) is 13.2 Å². The maximum atomic E-state index is 11.7. The van der Waals surface area contributed by atoms with Crippen LogP contribution >= 0.6 is 43.2 Å². The van der Waals surface area contributed by atoms with E-state index in [0.29, 0.717) is 9.35 Å². The molecule has 1 aromatic heterocycles. The summed E-state index contributed by atoms with van der Waals surface area (Å²) in [6.45, 7) is -2.00. The number of alkyl halides is 3. The quantitative estimate of drug-likeness (QED) is 0.736. The van der Waals surface area contributed by atoms with Crippen LogP contribution in [0.25, 0.3) is 0 Å². The molecule has 0 aliphatic heterocycles. The number of ketones is 1. The van der Waals surface area contributed by atoms with Gasteiger partial charge in [0.25, 0.3) is 0 Å². The number of hydrogen-bond donors (Lipinski definition) is 0. The van der Waals surface area contributed by atoms with Crippen molar-refractivity contribution in [1.82, 2.24) is 0 Å². The normalized spacial score (nSPS) is 11.8. The fourth-order valence-corrected chi connectivity index (χ4v) is 3.72. The standard InChI is InChI=1S/C8H5Br2F3O2S/c9-6-1-4(7(10)16-6)5(14)2-15-3-8(11,12)13/h1H,2-3H2. The van der Waals surface area contributed by atoms with E-state index in [1.807, 2.05) is 0 Å². The van der Waals surface area contributed by atoms with Crippen molar-refractivity contribution in [2.45, 2.75) is 6.18 Å². The molecule has 0 aliphatic rings. The van der Waals surface area contributed by atoms with Gasteiger partial charge in [-0.1, -0.05) is 0 Å². The molecule has 0 aromatic carbocycles. The summed E-state index contributed by atoms with van der Waals surface area (Å²) in [6, 6.07) is 1.54. The molecule has 16 heavy (non-hydrogen) atoms. The van der Waals surface area contributed by atoms with Crippen LogP contribution in [0.5, 0.6) is 0 Å². The summed E-state index contributed by atoms with van der Waals surface area (Å²) in [5, 5.41) is 0. The summed E-state index contributed by atoms with van der Waals surface area (Å²) < 4.78 is 40.8. The van der Waals surface area contributed by atoms with E-state index < -0.39 is 25.2 Å². The topological polar surface area (TPSA) is 26.3 Å². The number of carbonyl (C=O) groups excluding carboxylic acids is 1. The zero-order chi connectivity index (χ0) is 12.3. The molecule has 0 amide bonds. The number of carbonyl (C=O) groups is 1. The highest BCUT2D eigenvalue weighted by Crippen LogP contribution is 2.32. The van der Waals surface area contributed by atoms with Crippen LogP contribution in [0, 0.1) is 0 Å². The molecule has 0 aliphatic carbocycles. The van der Waals surface area contributed by atoms with E-state index in [9.17, 15) is 18.0 Å². The highest BCUT2D eigenvalue weighted by molar-refractivity contribution is 9.12. The second kappa shape index (κ2) is 5.61. The fourth-order valence-electron chi connectivity index (χ4n) is 0.868. The molecular formula is C8H5Br2F3O2S. The lowest BCUT2D eigenvalue weighted by Gasteiger charge is -2.06. The molecule has 0 N–H and O–H groups in total. The van der Waals surface area contributed by atoms with E-state index in [-0.39, 0.29) is 0 Å². The molecule has 0 spiro atoms. The molecule has 0 saturated heterocycles. The summed E-state index contributed by atoms with van der Waals surface area (Å²) in [4.78, 5) is 11.4. The molecule has 90 valence electrons. The van der Waals surface area contributed by atoms with Gasteiger partial charge in [0.2, 0.25) is 0 Å². The van der Waals surface area contributed by atoms with Crippen LogP contribution in [0.1, 0.15) is 10.4 Å². The van der Waals surface area contributed by atoms with Gasteiger partial charge in [-0.3, -0.25) is 4.79 Å². The van der Waals surface area contributed by atoms with Crippen LogP contribution in [0.2, 0.25) is 0 Å². The molecule has 2 nitrogen and oxygen atoms in total. The van der Waals surface area contributed by atoms with Gasteiger partial charge < -0.3 is 4.74 Å². The molecule has 8 heteroatoms. The van der Waals surface area contributed by atoms with Crippen LogP contribution in [-0.2, 0) is 4.74 Å². The van der Waals surface area contributed by atoms with Crippen molar-refractivity contribution in [2.75, 3.05) is 13.2 Å². The molecular weight excluding hydrogens is 377 g/mol. The Bertz CT molecular complexity index is 389. The van der Waals surface area contributed by atoms with Crippen LogP contribution in [0.3, 0.4) is 0 Å². The number of rotatable bonds is 4. The molecule has 0 atom stereocenters. The Morgan fingerprint density at radius 1 is 1.44 bits per heavy atom. The summed E-state index contributed by atoms with van der Waals surface area (Å²) in [6.07, 6.45) is -4.41. The first-order valence-electron chi connectivity index (χ1n) is 3.92. The largest absolute Gasteiger partial charge is 0.411 e. The maximum absolute atomic E-state index is 11.7. The first-order chi connectivity index (χ1) is 7.29. The second-order valence-corrected chi connectivity index (χ2v) is 6.52. The van der Waals surface area contributed by atoms with Crippen molar-refractivity contribution in [2.24, 2.45) is 0 Å². The third-order valence-electron chi connectivity index (χ3n) is 1.46. The molecule has 1 rings (SSSR count). The molecule has 0 fully saturated rings. The Morgan fingerprint density at radius 2 is 2.06 bits per heavy atom. The van der Waals surface area contributed by atoms with Crippen molar-refractivity contribution < 1.29 is 22.7 Å². The van der Waals surface area contributed by atoms with Crippen LogP contribution in [-0.4, -0.2) is 25.2 Å². The van der Waals surface area contributed by atoms with Gasteiger partial charge in [-0.15, -0.1) is 11.3 Å². The van der Waals surface area contributed by atoms with E-state index in [4.69, 9.17) is 0 Å². The molecule has 0 radical (unpaired) electrons. The summed E-state index contributed by atoms with van der Waals surface area (Å²) in [7, 11) is 0.